The predicted octanol–water partition coefficient (Wildman–Crippen LogP) is 5.32. The maximum atomic E-state index is 13.2. The van der Waals surface area contributed by atoms with E-state index in [-0.39, 0.29) is 5.82 Å². The summed E-state index contributed by atoms with van der Waals surface area (Å²) in [4.78, 5) is 16.1. The van der Waals surface area contributed by atoms with E-state index in [0.717, 1.165) is 54.0 Å². The minimum Gasteiger partial charge on any atom is -0.493 e. The predicted molar refractivity (Wildman–Crippen MR) is 126 cm³/mol. The first-order chi connectivity index (χ1) is 16.5. The van der Waals surface area contributed by atoms with E-state index in [9.17, 15) is 14.3 Å². The number of hydrogen-bond acceptors (Lipinski definition) is 5. The van der Waals surface area contributed by atoms with Crippen molar-refractivity contribution in [1.29, 1.82) is 0 Å². The normalized spacial score (nSPS) is 14.0. The van der Waals surface area contributed by atoms with Crippen LogP contribution in [0.1, 0.15) is 47.9 Å². The summed E-state index contributed by atoms with van der Waals surface area (Å²) in [7, 11) is 0. The van der Waals surface area contributed by atoms with Crippen molar-refractivity contribution >= 4 is 5.97 Å². The number of benzene rings is 2. The van der Waals surface area contributed by atoms with Crippen LogP contribution in [0.5, 0.6) is 5.75 Å². The minimum atomic E-state index is -0.935. The Kier molecular flexibility index (Phi) is 7.63. The summed E-state index contributed by atoms with van der Waals surface area (Å²) in [6.45, 7) is 4.48. The highest BCUT2D eigenvalue weighted by molar-refractivity contribution is 5.73. The zero-order valence-electron chi connectivity index (χ0n) is 19.6. The molecule has 0 saturated heterocycles. The molecule has 3 aromatic rings. The number of oxazole rings is 1. The van der Waals surface area contributed by atoms with Gasteiger partial charge in [-0.2, -0.15) is 0 Å². The topological polar surface area (TPSA) is 81.8 Å². The number of carbonyl (C=O) groups is 1. The second-order valence-electron chi connectivity index (χ2n) is 8.50. The molecule has 0 amide bonds. The maximum absolute atomic E-state index is 13.2. The van der Waals surface area contributed by atoms with Gasteiger partial charge in [-0.05, 0) is 86.6 Å². The standard InChI is InChI=1S/C27H30FNO5/c1-3-32-25(27(30)31)16-19-10-13-24(22-7-5-4-6-21(19)22)33-15-14-23-17(2)34-26(29-23)18-8-11-20(28)12-9-18/h8-13,25H,3-7,14-16H2,1-2H3,(H,30,31). The average molecular weight is 468 g/mol. The minimum absolute atomic E-state index is 0.300. The number of aryl methyl sites for hydroxylation is 1. The first-order valence-electron chi connectivity index (χ1n) is 11.8. The maximum Gasteiger partial charge on any atom is 0.333 e. The van der Waals surface area contributed by atoms with Crippen LogP contribution in [-0.2, 0) is 35.2 Å². The summed E-state index contributed by atoms with van der Waals surface area (Å²) >= 11 is 0. The van der Waals surface area contributed by atoms with E-state index in [0.29, 0.717) is 31.9 Å². The zero-order valence-corrected chi connectivity index (χ0v) is 19.6. The summed E-state index contributed by atoms with van der Waals surface area (Å²) in [6.07, 6.45) is 4.11. The van der Waals surface area contributed by atoms with Gasteiger partial charge in [0.25, 0.3) is 0 Å². The molecule has 2 aromatic carbocycles. The Morgan fingerprint density at radius 3 is 2.59 bits per heavy atom. The van der Waals surface area contributed by atoms with E-state index < -0.39 is 12.1 Å². The lowest BCUT2D eigenvalue weighted by molar-refractivity contribution is -0.149. The lowest BCUT2D eigenvalue weighted by Crippen LogP contribution is -2.27. The molecule has 1 atom stereocenters. The average Bonchev–Trinajstić information content (AvgIpc) is 3.20. The third-order valence-electron chi connectivity index (χ3n) is 6.22. The van der Waals surface area contributed by atoms with Crippen LogP contribution in [-0.4, -0.2) is 35.4 Å². The van der Waals surface area contributed by atoms with Crippen LogP contribution in [0.2, 0.25) is 0 Å². The summed E-state index contributed by atoms with van der Waals surface area (Å²) in [5, 5.41) is 9.48. The quantitative estimate of drug-likeness (QED) is 0.435. The summed E-state index contributed by atoms with van der Waals surface area (Å²) < 4.78 is 30.6. The largest absolute Gasteiger partial charge is 0.493 e. The van der Waals surface area contributed by atoms with Gasteiger partial charge in [-0.3, -0.25) is 0 Å². The molecular weight excluding hydrogens is 437 g/mol. The molecular formula is C27H30FNO5. The molecule has 1 N–H and O–H groups in total. The Hall–Kier alpha value is -3.19. The molecule has 0 fully saturated rings. The Morgan fingerprint density at radius 2 is 1.88 bits per heavy atom. The van der Waals surface area contributed by atoms with Crippen LogP contribution in [0.25, 0.3) is 11.5 Å². The van der Waals surface area contributed by atoms with Crippen molar-refractivity contribution in [2.24, 2.45) is 0 Å². The first kappa shape index (κ1) is 24.0. The second-order valence-corrected chi connectivity index (χ2v) is 8.50. The van der Waals surface area contributed by atoms with Gasteiger partial charge >= 0.3 is 5.97 Å². The van der Waals surface area contributed by atoms with Gasteiger partial charge in [0.1, 0.15) is 17.3 Å². The van der Waals surface area contributed by atoms with E-state index in [1.165, 1.54) is 23.3 Å². The third kappa shape index (κ3) is 5.47. The van der Waals surface area contributed by atoms with Crippen molar-refractivity contribution in [3.63, 3.8) is 0 Å². The van der Waals surface area contributed by atoms with Crippen molar-refractivity contribution in [1.82, 2.24) is 4.98 Å². The number of carboxylic acids is 1. The molecule has 1 unspecified atom stereocenters. The molecule has 1 heterocycles. The monoisotopic (exact) mass is 467 g/mol. The summed E-state index contributed by atoms with van der Waals surface area (Å²) in [5.41, 5.74) is 4.94. The van der Waals surface area contributed by atoms with Crippen molar-refractivity contribution in [2.75, 3.05) is 13.2 Å². The van der Waals surface area contributed by atoms with Crippen LogP contribution in [0.3, 0.4) is 0 Å². The Labute approximate surface area is 198 Å². The number of halogens is 1. The highest BCUT2D eigenvalue weighted by atomic mass is 19.1. The molecule has 0 bridgehead atoms. The molecule has 0 aliphatic heterocycles. The molecule has 0 saturated carbocycles. The number of fused-ring (bicyclic) bond motifs is 1. The van der Waals surface area contributed by atoms with E-state index in [4.69, 9.17) is 13.9 Å². The molecule has 6 nitrogen and oxygen atoms in total. The fraction of sp³-hybridized carbons (Fsp3) is 0.407. The van der Waals surface area contributed by atoms with Crippen LogP contribution in [0.15, 0.2) is 40.8 Å². The molecule has 0 radical (unpaired) electrons. The van der Waals surface area contributed by atoms with Gasteiger partial charge in [0.05, 0.1) is 12.3 Å². The molecule has 34 heavy (non-hydrogen) atoms. The number of rotatable bonds is 10. The van der Waals surface area contributed by atoms with Crippen molar-refractivity contribution in [2.45, 2.75) is 58.5 Å². The molecule has 7 heteroatoms. The van der Waals surface area contributed by atoms with Crippen molar-refractivity contribution < 1.29 is 28.2 Å². The second kappa shape index (κ2) is 10.8. The van der Waals surface area contributed by atoms with E-state index >= 15 is 0 Å². The lowest BCUT2D eigenvalue weighted by Gasteiger charge is -2.24. The van der Waals surface area contributed by atoms with Gasteiger partial charge in [-0.25, -0.2) is 14.2 Å². The zero-order chi connectivity index (χ0) is 24.1. The number of aliphatic carboxylic acids is 1. The molecule has 180 valence electrons. The van der Waals surface area contributed by atoms with Gasteiger partial charge in [0.15, 0.2) is 6.10 Å². The lowest BCUT2D eigenvalue weighted by atomic mass is 9.86. The van der Waals surface area contributed by atoms with Gasteiger partial charge < -0.3 is 19.0 Å². The number of aromatic nitrogens is 1. The highest BCUT2D eigenvalue weighted by Gasteiger charge is 2.24. The number of hydrogen-bond donors (Lipinski definition) is 1. The Bertz CT molecular complexity index is 1140. The highest BCUT2D eigenvalue weighted by Crippen LogP contribution is 2.33. The summed E-state index contributed by atoms with van der Waals surface area (Å²) in [6, 6.07) is 9.99. The van der Waals surface area contributed by atoms with Gasteiger partial charge in [0.2, 0.25) is 5.89 Å². The van der Waals surface area contributed by atoms with E-state index in [1.807, 2.05) is 26.0 Å². The number of carboxylic acid groups (broad SMARTS) is 1. The van der Waals surface area contributed by atoms with Crippen molar-refractivity contribution in [3.8, 4) is 17.2 Å². The number of ether oxygens (including phenoxy) is 2. The Morgan fingerprint density at radius 1 is 1.15 bits per heavy atom. The van der Waals surface area contributed by atoms with Crippen LogP contribution >= 0.6 is 0 Å². The van der Waals surface area contributed by atoms with Gasteiger partial charge in [-0.1, -0.05) is 6.07 Å². The Balaban J connectivity index is 1.45. The fourth-order valence-electron chi connectivity index (χ4n) is 4.49. The van der Waals surface area contributed by atoms with Gasteiger partial charge in [0, 0.05) is 25.0 Å². The fourth-order valence-corrected chi connectivity index (χ4v) is 4.49. The summed E-state index contributed by atoms with van der Waals surface area (Å²) in [5.74, 6) is 0.801. The van der Waals surface area contributed by atoms with Crippen molar-refractivity contribution in [3.05, 3.63) is 70.4 Å². The first-order valence-corrected chi connectivity index (χ1v) is 11.8. The molecule has 0 spiro atoms. The third-order valence-corrected chi connectivity index (χ3v) is 6.22. The molecule has 1 aromatic heterocycles. The smallest absolute Gasteiger partial charge is 0.333 e. The van der Waals surface area contributed by atoms with E-state index in [2.05, 4.69) is 4.98 Å². The molecule has 4 rings (SSSR count). The van der Waals surface area contributed by atoms with Gasteiger partial charge in [-0.15, -0.1) is 0 Å². The molecule has 1 aliphatic rings. The van der Waals surface area contributed by atoms with Crippen LogP contribution < -0.4 is 4.74 Å². The van der Waals surface area contributed by atoms with Crippen LogP contribution in [0, 0.1) is 12.7 Å². The van der Waals surface area contributed by atoms with E-state index in [1.54, 1.807) is 12.1 Å². The molecule has 1 aliphatic carbocycles. The number of nitrogens with zero attached hydrogens (tertiary/aromatic N) is 1. The van der Waals surface area contributed by atoms with Crippen LogP contribution in [0.4, 0.5) is 4.39 Å². The SMILES string of the molecule is CCOC(Cc1ccc(OCCc2nc(-c3ccc(F)cc3)oc2C)c2c1CCCC2)C(=O)O.